The maximum Gasteiger partial charge on any atom is 0.289 e. The van der Waals surface area contributed by atoms with Crippen LogP contribution in [0.3, 0.4) is 0 Å². The molecular weight excluding hydrogens is 296 g/mol. The first-order valence-electron chi connectivity index (χ1n) is 7.55. The lowest BCUT2D eigenvalue weighted by atomic mass is 9.86. The Morgan fingerprint density at radius 1 is 1.26 bits per heavy atom. The maximum absolute atomic E-state index is 12.4. The van der Waals surface area contributed by atoms with Crippen molar-refractivity contribution >= 4 is 17.5 Å². The molecule has 0 radical (unpaired) electrons. The Hall–Kier alpha value is -2.70. The minimum absolute atomic E-state index is 0.0621. The van der Waals surface area contributed by atoms with Crippen molar-refractivity contribution in [2.75, 3.05) is 24.5 Å². The zero-order valence-corrected chi connectivity index (χ0v) is 12.5. The van der Waals surface area contributed by atoms with Crippen LogP contribution in [0.2, 0.25) is 0 Å². The molecule has 1 spiro atoms. The Morgan fingerprint density at radius 3 is 2.83 bits per heavy atom. The molecule has 2 fully saturated rings. The molecule has 0 aromatic carbocycles. The van der Waals surface area contributed by atoms with Crippen LogP contribution < -0.4 is 4.90 Å². The Balaban J connectivity index is 1.51. The molecule has 2 aliphatic heterocycles. The Morgan fingerprint density at radius 2 is 2.09 bits per heavy atom. The van der Waals surface area contributed by atoms with Crippen LogP contribution in [-0.4, -0.2) is 46.3 Å². The second kappa shape index (κ2) is 5.19. The Labute approximate surface area is 132 Å². The first-order valence-corrected chi connectivity index (χ1v) is 7.55. The molecule has 0 N–H and O–H groups in total. The highest BCUT2D eigenvalue weighted by Gasteiger charge is 2.49. The summed E-state index contributed by atoms with van der Waals surface area (Å²) in [6.07, 6.45) is 7.49. The minimum atomic E-state index is -0.185. The summed E-state index contributed by atoms with van der Waals surface area (Å²) in [4.78, 5) is 36.2. The maximum atomic E-state index is 12.4. The van der Waals surface area contributed by atoms with Gasteiger partial charge in [-0.3, -0.25) is 9.59 Å². The van der Waals surface area contributed by atoms with Crippen molar-refractivity contribution in [3.8, 4) is 0 Å². The van der Waals surface area contributed by atoms with Crippen molar-refractivity contribution < 1.29 is 14.0 Å². The average molecular weight is 312 g/mol. The summed E-state index contributed by atoms with van der Waals surface area (Å²) < 4.78 is 5.19. The number of hydrogen-bond acceptors (Lipinski definition) is 5. The molecular formula is C16H16N4O3. The van der Waals surface area contributed by atoms with E-state index in [4.69, 9.17) is 4.42 Å². The fourth-order valence-corrected chi connectivity index (χ4v) is 3.50. The normalized spacial score (nSPS) is 23.9. The largest absolute Gasteiger partial charge is 0.459 e. The fraction of sp³-hybridized carbons (Fsp3) is 0.375. The number of carbonyl (C=O) groups excluding carboxylic acids is 2. The van der Waals surface area contributed by atoms with E-state index in [0.29, 0.717) is 37.5 Å². The van der Waals surface area contributed by atoms with E-state index in [2.05, 4.69) is 9.97 Å². The van der Waals surface area contributed by atoms with Gasteiger partial charge in [-0.05, 0) is 18.6 Å². The number of amides is 2. The van der Waals surface area contributed by atoms with Gasteiger partial charge in [0.25, 0.3) is 5.91 Å². The summed E-state index contributed by atoms with van der Waals surface area (Å²) in [5, 5.41) is 0. The highest BCUT2D eigenvalue weighted by Crippen LogP contribution is 2.41. The van der Waals surface area contributed by atoms with Gasteiger partial charge in [-0.25, -0.2) is 9.97 Å². The van der Waals surface area contributed by atoms with Gasteiger partial charge in [0.15, 0.2) is 5.76 Å². The van der Waals surface area contributed by atoms with E-state index in [0.717, 1.165) is 6.42 Å². The zero-order chi connectivity index (χ0) is 15.9. The molecule has 23 heavy (non-hydrogen) atoms. The molecule has 4 heterocycles. The number of hydrogen-bond donors (Lipinski definition) is 0. The molecule has 4 rings (SSSR count). The Kier molecular flexibility index (Phi) is 3.14. The number of likely N-dealkylation sites (tertiary alicyclic amines) is 1. The lowest BCUT2D eigenvalue weighted by molar-refractivity contribution is -0.117. The van der Waals surface area contributed by atoms with Crippen LogP contribution in [0.5, 0.6) is 0 Å². The van der Waals surface area contributed by atoms with E-state index in [9.17, 15) is 9.59 Å². The molecule has 2 saturated heterocycles. The molecule has 7 heteroatoms. The van der Waals surface area contributed by atoms with E-state index in [-0.39, 0.29) is 17.2 Å². The second-order valence-electron chi connectivity index (χ2n) is 6.21. The number of nitrogens with zero attached hydrogens (tertiary/aromatic N) is 4. The molecule has 2 amide bonds. The van der Waals surface area contributed by atoms with Crippen molar-refractivity contribution in [1.82, 2.24) is 14.9 Å². The fourth-order valence-electron chi connectivity index (χ4n) is 3.50. The molecule has 2 aromatic heterocycles. The molecule has 7 nitrogen and oxygen atoms in total. The third kappa shape index (κ3) is 2.38. The van der Waals surface area contributed by atoms with Crippen LogP contribution in [0.25, 0.3) is 0 Å². The predicted molar refractivity (Wildman–Crippen MR) is 80.7 cm³/mol. The van der Waals surface area contributed by atoms with Crippen molar-refractivity contribution in [2.24, 2.45) is 5.41 Å². The van der Waals surface area contributed by atoms with Crippen molar-refractivity contribution in [3.05, 3.63) is 42.9 Å². The summed E-state index contributed by atoms with van der Waals surface area (Å²) in [6.45, 7) is 1.82. The molecule has 0 aliphatic carbocycles. The van der Waals surface area contributed by atoms with Crippen LogP contribution in [0.15, 0.2) is 41.5 Å². The molecule has 2 aliphatic rings. The number of anilines is 1. The van der Waals surface area contributed by atoms with Crippen molar-refractivity contribution in [3.63, 3.8) is 0 Å². The molecule has 118 valence electrons. The van der Waals surface area contributed by atoms with Crippen LogP contribution in [0.4, 0.5) is 5.69 Å². The topological polar surface area (TPSA) is 79.5 Å². The molecule has 0 bridgehead atoms. The monoisotopic (exact) mass is 312 g/mol. The van der Waals surface area contributed by atoms with Gasteiger partial charge in [0.2, 0.25) is 5.91 Å². The molecule has 1 atom stereocenters. The van der Waals surface area contributed by atoms with Gasteiger partial charge in [0, 0.05) is 31.5 Å². The van der Waals surface area contributed by atoms with Gasteiger partial charge < -0.3 is 14.2 Å². The van der Waals surface area contributed by atoms with E-state index in [1.165, 1.54) is 12.6 Å². The average Bonchev–Trinajstić information content (AvgIpc) is 3.29. The lowest BCUT2D eigenvalue weighted by Gasteiger charge is -2.23. The number of aromatic nitrogens is 2. The molecule has 0 saturated carbocycles. The van der Waals surface area contributed by atoms with E-state index >= 15 is 0 Å². The van der Waals surface area contributed by atoms with E-state index in [1.54, 1.807) is 34.3 Å². The summed E-state index contributed by atoms with van der Waals surface area (Å²) in [5.41, 5.74) is 0.528. The number of carbonyl (C=O) groups is 2. The molecule has 2 aromatic rings. The SMILES string of the molecule is O=C(c1ccco1)N1CC[C@]2(CC(=O)N(c3cncnc3)C2)C1. The second-order valence-corrected chi connectivity index (χ2v) is 6.21. The van der Waals surface area contributed by atoms with Gasteiger partial charge in [-0.1, -0.05) is 0 Å². The third-order valence-corrected chi connectivity index (χ3v) is 4.64. The summed E-state index contributed by atoms with van der Waals surface area (Å²) in [7, 11) is 0. The quantitative estimate of drug-likeness (QED) is 0.836. The van der Waals surface area contributed by atoms with Crippen LogP contribution in [0, 0.1) is 5.41 Å². The summed E-state index contributed by atoms with van der Waals surface area (Å²) in [5.74, 6) is 0.299. The van der Waals surface area contributed by atoms with E-state index < -0.39 is 0 Å². The van der Waals surface area contributed by atoms with Gasteiger partial charge in [0.1, 0.15) is 6.33 Å². The predicted octanol–water partition coefficient (Wildman–Crippen LogP) is 1.34. The van der Waals surface area contributed by atoms with E-state index in [1.807, 2.05) is 0 Å². The van der Waals surface area contributed by atoms with Crippen LogP contribution in [-0.2, 0) is 4.79 Å². The Bertz CT molecular complexity index is 731. The zero-order valence-electron chi connectivity index (χ0n) is 12.5. The summed E-state index contributed by atoms with van der Waals surface area (Å²) >= 11 is 0. The van der Waals surface area contributed by atoms with Gasteiger partial charge in [0.05, 0.1) is 24.3 Å². The summed E-state index contributed by atoms with van der Waals surface area (Å²) in [6, 6.07) is 3.37. The number of rotatable bonds is 2. The highest BCUT2D eigenvalue weighted by atomic mass is 16.3. The highest BCUT2D eigenvalue weighted by molar-refractivity contribution is 5.96. The first kappa shape index (κ1) is 13.9. The lowest BCUT2D eigenvalue weighted by Crippen LogP contribution is -2.34. The van der Waals surface area contributed by atoms with Crippen LogP contribution in [0.1, 0.15) is 23.4 Å². The van der Waals surface area contributed by atoms with Gasteiger partial charge in [-0.15, -0.1) is 0 Å². The minimum Gasteiger partial charge on any atom is -0.459 e. The van der Waals surface area contributed by atoms with Crippen molar-refractivity contribution in [2.45, 2.75) is 12.8 Å². The van der Waals surface area contributed by atoms with Gasteiger partial charge >= 0.3 is 0 Å². The van der Waals surface area contributed by atoms with Crippen LogP contribution >= 0.6 is 0 Å². The first-order chi connectivity index (χ1) is 11.2. The smallest absolute Gasteiger partial charge is 0.289 e. The van der Waals surface area contributed by atoms with Gasteiger partial charge in [-0.2, -0.15) is 0 Å². The molecule has 0 unspecified atom stereocenters. The third-order valence-electron chi connectivity index (χ3n) is 4.64. The number of furan rings is 1. The standard InChI is InChI=1S/C16H16N4O3/c21-14-6-16(10-20(14)12-7-17-11-18-8-12)3-4-19(9-16)15(22)13-2-1-5-23-13/h1-2,5,7-8,11H,3-4,6,9-10H2/t16-/m0/s1. The van der Waals surface area contributed by atoms with Crippen molar-refractivity contribution in [1.29, 1.82) is 0 Å².